The van der Waals surface area contributed by atoms with Crippen LogP contribution in [-0.2, 0) is 14.6 Å². The van der Waals surface area contributed by atoms with Crippen LogP contribution in [0.3, 0.4) is 0 Å². The molecule has 1 atom stereocenters. The van der Waals surface area contributed by atoms with Crippen molar-refractivity contribution in [3.05, 3.63) is 58.1 Å². The van der Waals surface area contributed by atoms with Gasteiger partial charge in [0, 0.05) is 17.8 Å². The van der Waals surface area contributed by atoms with E-state index in [-0.39, 0.29) is 10.6 Å². The fourth-order valence-corrected chi connectivity index (χ4v) is 5.13. The summed E-state index contributed by atoms with van der Waals surface area (Å²) in [5.74, 6) is -0.734. The Kier molecular flexibility index (Phi) is 5.36. The molecule has 2 amide bonds. The number of benzene rings is 2. The van der Waals surface area contributed by atoms with Crippen molar-refractivity contribution >= 4 is 39.1 Å². The Bertz CT molecular complexity index is 1070. The van der Waals surface area contributed by atoms with Gasteiger partial charge in [-0.2, -0.15) is 0 Å². The lowest BCUT2D eigenvalue weighted by Crippen LogP contribution is -2.35. The molecule has 1 N–H and O–H groups in total. The van der Waals surface area contributed by atoms with Gasteiger partial charge in [0.15, 0.2) is 9.84 Å². The molecule has 1 heterocycles. The van der Waals surface area contributed by atoms with Crippen molar-refractivity contribution in [2.45, 2.75) is 17.9 Å². The number of hydrogen-bond acceptors (Lipinski definition) is 5. The number of hydrogen-bond donors (Lipinski definition) is 1. The number of aryl methyl sites for hydroxylation is 1. The summed E-state index contributed by atoms with van der Waals surface area (Å²) in [5, 5.41) is 3.13. The standard InChI is InChI=1S/C19H19ClN2O5S/c1-11-4-5-12(18(23)27-3)8-15(11)21-19(24)22(2)16-10-28(25,26)17-7-6-13(20)9-14(16)17/h4-9,16H,10H2,1-3H3,(H,21,24). The fourth-order valence-electron chi connectivity index (χ4n) is 3.12. The lowest BCUT2D eigenvalue weighted by Gasteiger charge is -2.25. The number of halogens is 1. The minimum absolute atomic E-state index is 0.186. The highest BCUT2D eigenvalue weighted by Gasteiger charge is 2.38. The van der Waals surface area contributed by atoms with Crippen molar-refractivity contribution < 1.29 is 22.7 Å². The van der Waals surface area contributed by atoms with Gasteiger partial charge in [0.25, 0.3) is 0 Å². The van der Waals surface area contributed by atoms with E-state index in [2.05, 4.69) is 5.32 Å². The van der Waals surface area contributed by atoms with Gasteiger partial charge in [0.1, 0.15) is 0 Å². The van der Waals surface area contributed by atoms with E-state index in [0.29, 0.717) is 21.8 Å². The molecule has 28 heavy (non-hydrogen) atoms. The lowest BCUT2D eigenvalue weighted by atomic mass is 10.1. The number of ether oxygens (including phenoxy) is 1. The zero-order valence-electron chi connectivity index (χ0n) is 15.5. The maximum Gasteiger partial charge on any atom is 0.337 e. The van der Waals surface area contributed by atoms with Crippen LogP contribution in [0.2, 0.25) is 5.02 Å². The predicted octanol–water partition coefficient (Wildman–Crippen LogP) is 3.43. The number of carbonyl (C=O) groups excluding carboxylic acids is 2. The number of sulfone groups is 1. The minimum atomic E-state index is -3.49. The molecule has 7 nitrogen and oxygen atoms in total. The van der Waals surface area contributed by atoms with Crippen molar-refractivity contribution in [3.8, 4) is 0 Å². The third-order valence-corrected chi connectivity index (χ3v) is 6.76. The van der Waals surface area contributed by atoms with Crippen LogP contribution in [-0.4, -0.2) is 45.2 Å². The zero-order chi connectivity index (χ0) is 20.6. The molecule has 0 radical (unpaired) electrons. The van der Waals surface area contributed by atoms with Crippen molar-refractivity contribution in [2.24, 2.45) is 0 Å². The van der Waals surface area contributed by atoms with E-state index in [9.17, 15) is 18.0 Å². The van der Waals surface area contributed by atoms with E-state index < -0.39 is 27.9 Å². The van der Waals surface area contributed by atoms with E-state index >= 15 is 0 Å². The van der Waals surface area contributed by atoms with E-state index in [4.69, 9.17) is 16.3 Å². The molecule has 3 rings (SSSR count). The highest BCUT2D eigenvalue weighted by molar-refractivity contribution is 7.91. The second kappa shape index (κ2) is 7.44. The monoisotopic (exact) mass is 422 g/mol. The van der Waals surface area contributed by atoms with Crippen molar-refractivity contribution in [1.82, 2.24) is 4.90 Å². The Morgan fingerprint density at radius 2 is 1.93 bits per heavy atom. The number of esters is 1. The number of fused-ring (bicyclic) bond motifs is 1. The SMILES string of the molecule is COC(=O)c1ccc(C)c(NC(=O)N(C)C2CS(=O)(=O)c3ccc(Cl)cc32)c1. The Balaban J connectivity index is 1.87. The van der Waals surface area contributed by atoms with Crippen LogP contribution in [0.25, 0.3) is 0 Å². The topological polar surface area (TPSA) is 92.8 Å². The van der Waals surface area contributed by atoms with Crippen molar-refractivity contribution in [1.29, 1.82) is 0 Å². The number of amides is 2. The zero-order valence-corrected chi connectivity index (χ0v) is 17.1. The maximum atomic E-state index is 12.8. The van der Waals surface area contributed by atoms with Crippen LogP contribution >= 0.6 is 11.6 Å². The Hall–Kier alpha value is -2.58. The molecule has 148 valence electrons. The molecule has 1 unspecified atom stereocenters. The summed E-state index contributed by atoms with van der Waals surface area (Å²) in [4.78, 5) is 26.0. The minimum Gasteiger partial charge on any atom is -0.465 e. The first-order valence-corrected chi connectivity index (χ1v) is 10.4. The van der Waals surface area contributed by atoms with E-state index in [1.807, 2.05) is 0 Å². The highest BCUT2D eigenvalue weighted by Crippen LogP contribution is 2.38. The van der Waals surface area contributed by atoms with Gasteiger partial charge < -0.3 is 15.0 Å². The van der Waals surface area contributed by atoms with Crippen LogP contribution < -0.4 is 5.32 Å². The molecule has 1 aliphatic heterocycles. The number of nitrogens with zero attached hydrogens (tertiary/aromatic N) is 1. The van der Waals surface area contributed by atoms with Gasteiger partial charge in [-0.05, 0) is 48.4 Å². The fraction of sp³-hybridized carbons (Fsp3) is 0.263. The summed E-state index contributed by atoms with van der Waals surface area (Å²) in [6.45, 7) is 1.78. The molecule has 0 aliphatic carbocycles. The number of anilines is 1. The van der Waals surface area contributed by atoms with Gasteiger partial charge in [-0.1, -0.05) is 17.7 Å². The number of rotatable bonds is 3. The van der Waals surface area contributed by atoms with Crippen LogP contribution in [0.15, 0.2) is 41.3 Å². The first-order valence-electron chi connectivity index (χ1n) is 8.39. The predicted molar refractivity (Wildman–Crippen MR) is 106 cm³/mol. The molecule has 0 aromatic heterocycles. The van der Waals surface area contributed by atoms with E-state index in [1.54, 1.807) is 25.1 Å². The van der Waals surface area contributed by atoms with Gasteiger partial charge in [-0.3, -0.25) is 0 Å². The summed E-state index contributed by atoms with van der Waals surface area (Å²) in [6, 6.07) is 8.19. The average Bonchev–Trinajstić information content (AvgIpc) is 2.92. The van der Waals surface area contributed by atoms with E-state index in [1.165, 1.54) is 37.3 Å². The summed E-state index contributed by atoms with van der Waals surface area (Å²) >= 11 is 6.02. The molecule has 2 aromatic rings. The van der Waals surface area contributed by atoms with Crippen LogP contribution in [0.4, 0.5) is 10.5 Å². The van der Waals surface area contributed by atoms with Crippen LogP contribution in [0.5, 0.6) is 0 Å². The van der Waals surface area contributed by atoms with Gasteiger partial charge in [0.05, 0.1) is 29.4 Å². The molecule has 2 aromatic carbocycles. The number of carbonyl (C=O) groups is 2. The number of urea groups is 1. The Morgan fingerprint density at radius 3 is 2.61 bits per heavy atom. The Labute approximate surface area is 168 Å². The van der Waals surface area contributed by atoms with Gasteiger partial charge in [0.2, 0.25) is 0 Å². The molecule has 0 saturated heterocycles. The lowest BCUT2D eigenvalue weighted by molar-refractivity contribution is 0.0600. The molecule has 0 fully saturated rings. The molecule has 9 heteroatoms. The highest BCUT2D eigenvalue weighted by atomic mass is 35.5. The maximum absolute atomic E-state index is 12.8. The summed E-state index contributed by atoms with van der Waals surface area (Å²) in [5.41, 5.74) is 1.97. The van der Waals surface area contributed by atoms with Crippen molar-refractivity contribution in [3.63, 3.8) is 0 Å². The second-order valence-corrected chi connectivity index (χ2v) is 8.98. The summed E-state index contributed by atoms with van der Waals surface area (Å²) in [6.07, 6.45) is 0. The van der Waals surface area contributed by atoms with Gasteiger partial charge in [-0.15, -0.1) is 0 Å². The average molecular weight is 423 g/mol. The molecule has 0 spiro atoms. The molecule has 1 aliphatic rings. The number of nitrogens with one attached hydrogen (secondary N) is 1. The molecular weight excluding hydrogens is 404 g/mol. The van der Waals surface area contributed by atoms with E-state index in [0.717, 1.165) is 5.56 Å². The van der Waals surface area contributed by atoms with Gasteiger partial charge in [-0.25, -0.2) is 18.0 Å². The summed E-state index contributed by atoms with van der Waals surface area (Å²) in [7, 11) is -0.700. The van der Waals surface area contributed by atoms with Crippen molar-refractivity contribution in [2.75, 3.05) is 25.2 Å². The normalized spacial score (nSPS) is 16.9. The molecule has 0 bridgehead atoms. The van der Waals surface area contributed by atoms with Gasteiger partial charge >= 0.3 is 12.0 Å². The first kappa shape index (κ1) is 20.2. The molecular formula is C19H19ClN2O5S. The summed E-state index contributed by atoms with van der Waals surface area (Å²) < 4.78 is 29.5. The third kappa shape index (κ3) is 3.70. The largest absolute Gasteiger partial charge is 0.465 e. The van der Waals surface area contributed by atoms with Crippen LogP contribution in [0, 0.1) is 6.92 Å². The number of methoxy groups -OCH3 is 1. The first-order chi connectivity index (χ1) is 13.1. The smallest absolute Gasteiger partial charge is 0.337 e. The Morgan fingerprint density at radius 1 is 1.21 bits per heavy atom. The quantitative estimate of drug-likeness (QED) is 0.765. The molecule has 0 saturated carbocycles. The van der Waals surface area contributed by atoms with Crippen LogP contribution in [0.1, 0.15) is 27.5 Å². The second-order valence-electron chi connectivity index (χ2n) is 6.54. The third-order valence-electron chi connectivity index (χ3n) is 4.73.